The Balaban J connectivity index is 2.32. The Morgan fingerprint density at radius 2 is 2.19 bits per heavy atom. The second kappa shape index (κ2) is 3.71. The van der Waals surface area contributed by atoms with Crippen LogP contribution in [0.3, 0.4) is 0 Å². The smallest absolute Gasteiger partial charge is 0.122 e. The third kappa shape index (κ3) is 1.71. The molecule has 1 heterocycles. The first-order valence-electron chi connectivity index (χ1n) is 5.45. The highest BCUT2D eigenvalue weighted by Gasteiger charge is 2.24. The van der Waals surface area contributed by atoms with Crippen LogP contribution in [0.5, 0.6) is 5.75 Å². The third-order valence-electron chi connectivity index (χ3n) is 3.17. The number of ether oxygens (including phenoxy) is 1. The molecule has 2 rings (SSSR count). The van der Waals surface area contributed by atoms with Crippen LogP contribution < -0.4 is 9.64 Å². The zero-order valence-corrected chi connectivity index (χ0v) is 9.95. The first kappa shape index (κ1) is 10.8. The molecule has 0 radical (unpaired) electrons. The molecule has 0 fully saturated rings. The predicted octanol–water partition coefficient (Wildman–Crippen LogP) is 2.36. The number of rotatable bonds is 2. The molecular weight excluding hydrogens is 200 g/mol. The largest absolute Gasteiger partial charge is 0.493 e. The van der Waals surface area contributed by atoms with Crippen molar-refractivity contribution in [1.82, 2.24) is 0 Å². The maximum absolute atomic E-state index is 9.10. The zero-order chi connectivity index (χ0) is 11.8. The number of nitrogens with zero attached hydrogens (tertiary/aromatic N) is 2. The van der Waals surface area contributed by atoms with Crippen molar-refractivity contribution in [3.05, 3.63) is 23.8 Å². The van der Waals surface area contributed by atoms with E-state index in [9.17, 15) is 0 Å². The average Bonchev–Trinajstić information content (AvgIpc) is 2.74. The molecule has 3 heteroatoms. The van der Waals surface area contributed by atoms with Gasteiger partial charge in [-0.3, -0.25) is 0 Å². The fourth-order valence-corrected chi connectivity index (χ4v) is 1.78. The van der Waals surface area contributed by atoms with Crippen LogP contribution in [0.1, 0.15) is 19.4 Å². The van der Waals surface area contributed by atoms with Gasteiger partial charge in [0.25, 0.3) is 0 Å². The van der Waals surface area contributed by atoms with Crippen LogP contribution in [0, 0.1) is 11.3 Å². The van der Waals surface area contributed by atoms with Crippen LogP contribution in [0.4, 0.5) is 5.69 Å². The van der Waals surface area contributed by atoms with Gasteiger partial charge in [0.15, 0.2) is 0 Å². The van der Waals surface area contributed by atoms with Gasteiger partial charge in [-0.15, -0.1) is 0 Å². The number of fused-ring (bicyclic) bond motifs is 1. The van der Waals surface area contributed by atoms with Crippen molar-refractivity contribution < 1.29 is 4.74 Å². The van der Waals surface area contributed by atoms with Crippen molar-refractivity contribution in [3.63, 3.8) is 0 Å². The second-order valence-corrected chi connectivity index (χ2v) is 4.62. The van der Waals surface area contributed by atoms with Gasteiger partial charge in [-0.25, -0.2) is 0 Å². The molecule has 0 bridgehead atoms. The van der Waals surface area contributed by atoms with Crippen LogP contribution >= 0.6 is 0 Å². The van der Waals surface area contributed by atoms with Gasteiger partial charge >= 0.3 is 0 Å². The summed E-state index contributed by atoms with van der Waals surface area (Å²) in [6.07, 6.45) is 0.962. The maximum Gasteiger partial charge on any atom is 0.122 e. The Labute approximate surface area is 96.2 Å². The van der Waals surface area contributed by atoms with E-state index in [-0.39, 0.29) is 0 Å². The second-order valence-electron chi connectivity index (χ2n) is 4.62. The monoisotopic (exact) mass is 216 g/mol. The minimum Gasteiger partial charge on any atom is -0.493 e. The van der Waals surface area contributed by atoms with Crippen LogP contribution in [0.25, 0.3) is 0 Å². The molecule has 0 aromatic heterocycles. The standard InChI is InChI=1S/C13H16N2O/c1-13(2,9-14)15(3)11-4-5-12-10(8-11)6-7-16-12/h4-5,8H,6-7H2,1-3H3. The van der Waals surface area contributed by atoms with Crippen LogP contribution in [0.15, 0.2) is 18.2 Å². The normalized spacial score (nSPS) is 13.9. The van der Waals surface area contributed by atoms with Crippen molar-refractivity contribution in [2.75, 3.05) is 18.6 Å². The molecule has 0 saturated heterocycles. The van der Waals surface area contributed by atoms with E-state index in [0.717, 1.165) is 24.5 Å². The Morgan fingerprint density at radius 3 is 2.88 bits per heavy atom. The molecule has 1 aliphatic rings. The average molecular weight is 216 g/mol. The Morgan fingerprint density at radius 1 is 1.44 bits per heavy atom. The molecule has 0 unspecified atom stereocenters. The van der Waals surface area contributed by atoms with Gasteiger partial charge in [0.05, 0.1) is 12.7 Å². The molecule has 0 N–H and O–H groups in total. The van der Waals surface area contributed by atoms with Gasteiger partial charge < -0.3 is 9.64 Å². The highest BCUT2D eigenvalue weighted by atomic mass is 16.5. The molecule has 0 spiro atoms. The van der Waals surface area contributed by atoms with Crippen LogP contribution in [-0.2, 0) is 6.42 Å². The lowest BCUT2D eigenvalue weighted by molar-refractivity contribution is 0.357. The van der Waals surface area contributed by atoms with Gasteiger partial charge in [0, 0.05) is 19.2 Å². The summed E-state index contributed by atoms with van der Waals surface area (Å²) >= 11 is 0. The number of hydrogen-bond acceptors (Lipinski definition) is 3. The minimum absolute atomic E-state index is 0.492. The summed E-state index contributed by atoms with van der Waals surface area (Å²) in [4.78, 5) is 1.99. The van der Waals surface area contributed by atoms with E-state index in [1.165, 1.54) is 5.56 Å². The molecule has 3 nitrogen and oxygen atoms in total. The lowest BCUT2D eigenvalue weighted by Gasteiger charge is -2.31. The Bertz CT molecular complexity index is 446. The fraction of sp³-hybridized carbons (Fsp3) is 0.462. The maximum atomic E-state index is 9.10. The van der Waals surface area contributed by atoms with Crippen molar-refractivity contribution in [1.29, 1.82) is 5.26 Å². The highest BCUT2D eigenvalue weighted by Crippen LogP contribution is 2.31. The van der Waals surface area contributed by atoms with Crippen molar-refractivity contribution >= 4 is 5.69 Å². The molecule has 84 valence electrons. The summed E-state index contributed by atoms with van der Waals surface area (Å²) in [6.45, 7) is 4.59. The predicted molar refractivity (Wildman–Crippen MR) is 63.7 cm³/mol. The van der Waals surface area contributed by atoms with Gasteiger partial charge in [-0.1, -0.05) is 0 Å². The summed E-state index contributed by atoms with van der Waals surface area (Å²) in [7, 11) is 1.95. The van der Waals surface area contributed by atoms with E-state index in [1.54, 1.807) is 0 Å². The number of nitriles is 1. The summed E-state index contributed by atoms with van der Waals surface area (Å²) < 4.78 is 5.46. The molecule has 0 amide bonds. The van der Waals surface area contributed by atoms with Gasteiger partial charge in [0.2, 0.25) is 0 Å². The zero-order valence-electron chi connectivity index (χ0n) is 9.95. The summed E-state index contributed by atoms with van der Waals surface area (Å²) in [5, 5.41) is 9.10. The fourth-order valence-electron chi connectivity index (χ4n) is 1.78. The Kier molecular flexibility index (Phi) is 2.51. The molecule has 0 atom stereocenters. The van der Waals surface area contributed by atoms with Crippen LogP contribution in [0.2, 0.25) is 0 Å². The molecule has 0 aliphatic carbocycles. The molecule has 1 aliphatic heterocycles. The van der Waals surface area contributed by atoms with Gasteiger partial charge in [-0.2, -0.15) is 5.26 Å². The summed E-state index contributed by atoms with van der Waals surface area (Å²) in [5.74, 6) is 0.979. The van der Waals surface area contributed by atoms with Crippen molar-refractivity contribution in [2.45, 2.75) is 25.8 Å². The van der Waals surface area contributed by atoms with Crippen molar-refractivity contribution in [2.24, 2.45) is 0 Å². The lowest BCUT2D eigenvalue weighted by atomic mass is 10.0. The SMILES string of the molecule is CN(c1ccc2c(c1)CCO2)C(C)(C)C#N. The first-order chi connectivity index (χ1) is 7.54. The molecular formula is C13H16N2O. The topological polar surface area (TPSA) is 36.3 Å². The Hall–Kier alpha value is -1.69. The van der Waals surface area contributed by atoms with E-state index >= 15 is 0 Å². The van der Waals surface area contributed by atoms with Gasteiger partial charge in [-0.05, 0) is 37.6 Å². The minimum atomic E-state index is -0.492. The van der Waals surface area contributed by atoms with E-state index in [4.69, 9.17) is 10.00 Å². The van der Waals surface area contributed by atoms with Crippen LogP contribution in [-0.4, -0.2) is 19.2 Å². The van der Waals surface area contributed by atoms with E-state index < -0.39 is 5.54 Å². The highest BCUT2D eigenvalue weighted by molar-refractivity contribution is 5.56. The van der Waals surface area contributed by atoms with Gasteiger partial charge in [0.1, 0.15) is 11.3 Å². The molecule has 16 heavy (non-hydrogen) atoms. The number of anilines is 1. The molecule has 0 saturated carbocycles. The third-order valence-corrected chi connectivity index (χ3v) is 3.17. The van der Waals surface area contributed by atoms with E-state index in [2.05, 4.69) is 12.1 Å². The van der Waals surface area contributed by atoms with Crippen molar-refractivity contribution in [3.8, 4) is 11.8 Å². The summed E-state index contributed by atoms with van der Waals surface area (Å²) in [6, 6.07) is 8.41. The quantitative estimate of drug-likeness (QED) is 0.761. The molecule has 1 aromatic rings. The lowest BCUT2D eigenvalue weighted by Crippen LogP contribution is -2.39. The molecule has 1 aromatic carbocycles. The first-order valence-corrected chi connectivity index (χ1v) is 5.45. The number of benzene rings is 1. The van der Waals surface area contributed by atoms with E-state index in [0.29, 0.717) is 0 Å². The van der Waals surface area contributed by atoms with E-state index in [1.807, 2.05) is 37.9 Å². The summed E-state index contributed by atoms with van der Waals surface area (Å²) in [5.41, 5.74) is 1.81. The number of hydrogen-bond donors (Lipinski definition) is 0.